The maximum atomic E-state index is 9.10. The molecule has 0 atom stereocenters. The van der Waals surface area contributed by atoms with E-state index >= 15 is 0 Å². The van der Waals surface area contributed by atoms with Crippen molar-refractivity contribution in [3.8, 4) is 0 Å². The van der Waals surface area contributed by atoms with Crippen LogP contribution < -0.4 is 10.6 Å². The van der Waals surface area contributed by atoms with E-state index in [0.29, 0.717) is 18.3 Å². The zero-order valence-corrected chi connectivity index (χ0v) is 10.7. The van der Waals surface area contributed by atoms with E-state index in [4.69, 9.17) is 10.8 Å². The normalized spacial score (nSPS) is 15.9. The van der Waals surface area contributed by atoms with Gasteiger partial charge in [-0.25, -0.2) is 4.98 Å². The van der Waals surface area contributed by atoms with Gasteiger partial charge in [0.05, 0.1) is 23.0 Å². The highest BCUT2D eigenvalue weighted by Crippen LogP contribution is 2.33. The predicted octanol–water partition coefficient (Wildman–Crippen LogP) is 1.78. The van der Waals surface area contributed by atoms with Gasteiger partial charge >= 0.3 is 0 Å². The van der Waals surface area contributed by atoms with E-state index in [2.05, 4.69) is 25.8 Å². The number of pyridine rings is 1. The Hall–Kier alpha value is -0.810. The van der Waals surface area contributed by atoms with Crippen molar-refractivity contribution in [2.24, 2.45) is 0 Å². The number of nitrogen functional groups attached to an aromatic ring is 1. The maximum Gasteiger partial charge on any atom is 0.143 e. The Morgan fingerprint density at radius 1 is 1.56 bits per heavy atom. The van der Waals surface area contributed by atoms with Crippen LogP contribution in [0.1, 0.15) is 19.3 Å². The SMILES string of the molecule is Nc1cnc(N(CCO)C2CCC2)c(Br)c1. The summed E-state index contributed by atoms with van der Waals surface area (Å²) >= 11 is 3.47. The summed E-state index contributed by atoms with van der Waals surface area (Å²) in [7, 11) is 0. The third-order valence-electron chi connectivity index (χ3n) is 2.97. The van der Waals surface area contributed by atoms with Crippen LogP contribution in [0.2, 0.25) is 0 Å². The fourth-order valence-corrected chi connectivity index (χ4v) is 2.52. The third kappa shape index (κ3) is 2.30. The van der Waals surface area contributed by atoms with Gasteiger partial charge in [0.15, 0.2) is 0 Å². The first-order valence-electron chi connectivity index (χ1n) is 5.51. The summed E-state index contributed by atoms with van der Waals surface area (Å²) in [6, 6.07) is 2.37. The molecule has 1 aliphatic rings. The largest absolute Gasteiger partial charge is 0.397 e. The lowest BCUT2D eigenvalue weighted by Crippen LogP contribution is -2.42. The maximum absolute atomic E-state index is 9.10. The molecule has 1 fully saturated rings. The molecule has 0 bridgehead atoms. The molecule has 0 amide bonds. The van der Waals surface area contributed by atoms with E-state index < -0.39 is 0 Å². The van der Waals surface area contributed by atoms with Crippen LogP contribution in [0.5, 0.6) is 0 Å². The predicted molar refractivity (Wildman–Crippen MR) is 68.4 cm³/mol. The average molecular weight is 286 g/mol. The van der Waals surface area contributed by atoms with Gasteiger partial charge < -0.3 is 15.7 Å². The Balaban J connectivity index is 2.23. The number of anilines is 2. The molecule has 1 aromatic rings. The molecule has 5 heteroatoms. The van der Waals surface area contributed by atoms with Crippen molar-refractivity contribution in [3.63, 3.8) is 0 Å². The Bertz CT molecular complexity index is 368. The monoisotopic (exact) mass is 285 g/mol. The van der Waals surface area contributed by atoms with Crippen molar-refractivity contribution in [1.29, 1.82) is 0 Å². The molecule has 1 aliphatic carbocycles. The Morgan fingerprint density at radius 3 is 2.81 bits per heavy atom. The zero-order chi connectivity index (χ0) is 11.5. The van der Waals surface area contributed by atoms with Crippen molar-refractivity contribution in [1.82, 2.24) is 4.98 Å². The number of aliphatic hydroxyl groups is 1. The topological polar surface area (TPSA) is 62.4 Å². The second-order valence-electron chi connectivity index (χ2n) is 4.08. The molecule has 0 aliphatic heterocycles. The average Bonchev–Trinajstić information content (AvgIpc) is 2.14. The van der Waals surface area contributed by atoms with Gasteiger partial charge in [-0.2, -0.15) is 0 Å². The molecular weight excluding hydrogens is 270 g/mol. The number of aliphatic hydroxyl groups excluding tert-OH is 1. The van der Waals surface area contributed by atoms with Gasteiger partial charge in [0, 0.05) is 12.6 Å². The first-order chi connectivity index (χ1) is 7.72. The van der Waals surface area contributed by atoms with E-state index in [1.165, 1.54) is 19.3 Å². The van der Waals surface area contributed by atoms with E-state index in [9.17, 15) is 0 Å². The highest BCUT2D eigenvalue weighted by molar-refractivity contribution is 9.10. The Morgan fingerprint density at radius 2 is 2.31 bits per heavy atom. The van der Waals surface area contributed by atoms with Crippen LogP contribution in [0.3, 0.4) is 0 Å². The number of hydrogen-bond donors (Lipinski definition) is 2. The second-order valence-corrected chi connectivity index (χ2v) is 4.93. The van der Waals surface area contributed by atoms with Crippen LogP contribution in [0, 0.1) is 0 Å². The number of aromatic nitrogens is 1. The smallest absolute Gasteiger partial charge is 0.143 e. The summed E-state index contributed by atoms with van der Waals surface area (Å²) in [6.45, 7) is 0.773. The number of halogens is 1. The Kier molecular flexibility index (Phi) is 3.66. The van der Waals surface area contributed by atoms with Gasteiger partial charge in [-0.15, -0.1) is 0 Å². The van der Waals surface area contributed by atoms with Crippen LogP contribution in [0.15, 0.2) is 16.7 Å². The first kappa shape index (κ1) is 11.7. The van der Waals surface area contributed by atoms with E-state index in [1.807, 2.05) is 6.07 Å². The highest BCUT2D eigenvalue weighted by atomic mass is 79.9. The molecule has 0 unspecified atom stereocenters. The minimum absolute atomic E-state index is 0.148. The van der Waals surface area contributed by atoms with Crippen LogP contribution in [-0.2, 0) is 0 Å². The minimum Gasteiger partial charge on any atom is -0.397 e. The molecule has 1 saturated carbocycles. The van der Waals surface area contributed by atoms with E-state index in [0.717, 1.165) is 10.3 Å². The molecule has 0 aromatic carbocycles. The summed E-state index contributed by atoms with van der Waals surface area (Å²) in [5.41, 5.74) is 6.31. The molecule has 1 aromatic heterocycles. The van der Waals surface area contributed by atoms with Gasteiger partial charge in [-0.3, -0.25) is 0 Å². The lowest BCUT2D eigenvalue weighted by molar-refractivity contribution is 0.283. The first-order valence-corrected chi connectivity index (χ1v) is 6.30. The Labute approximate surface area is 104 Å². The zero-order valence-electron chi connectivity index (χ0n) is 9.06. The summed E-state index contributed by atoms with van der Waals surface area (Å²) in [6.07, 6.45) is 5.28. The minimum atomic E-state index is 0.148. The molecule has 0 radical (unpaired) electrons. The lowest BCUT2D eigenvalue weighted by Gasteiger charge is -2.38. The molecule has 16 heavy (non-hydrogen) atoms. The van der Waals surface area contributed by atoms with Crippen molar-refractivity contribution in [2.45, 2.75) is 25.3 Å². The molecule has 1 heterocycles. The fourth-order valence-electron chi connectivity index (χ4n) is 1.92. The van der Waals surface area contributed by atoms with Gasteiger partial charge in [0.2, 0.25) is 0 Å². The van der Waals surface area contributed by atoms with Crippen molar-refractivity contribution in [2.75, 3.05) is 23.8 Å². The summed E-state index contributed by atoms with van der Waals surface area (Å²) in [5, 5.41) is 9.10. The standard InChI is InChI=1S/C11H16BrN3O/c12-10-6-8(13)7-14-11(10)15(4-5-16)9-2-1-3-9/h6-7,9,16H,1-5,13H2. The summed E-state index contributed by atoms with van der Waals surface area (Å²) in [5.74, 6) is 0.882. The number of nitrogens with two attached hydrogens (primary N) is 1. The van der Waals surface area contributed by atoms with Crippen LogP contribution >= 0.6 is 15.9 Å². The van der Waals surface area contributed by atoms with Crippen molar-refractivity contribution >= 4 is 27.4 Å². The van der Waals surface area contributed by atoms with E-state index in [-0.39, 0.29) is 6.61 Å². The van der Waals surface area contributed by atoms with Crippen molar-refractivity contribution < 1.29 is 5.11 Å². The number of rotatable bonds is 4. The number of hydrogen-bond acceptors (Lipinski definition) is 4. The molecule has 2 rings (SSSR count). The van der Waals surface area contributed by atoms with Crippen LogP contribution in [0.4, 0.5) is 11.5 Å². The van der Waals surface area contributed by atoms with Gasteiger partial charge in [0.25, 0.3) is 0 Å². The summed E-state index contributed by atoms with van der Waals surface area (Å²) < 4.78 is 0.896. The molecule has 3 N–H and O–H groups in total. The van der Waals surface area contributed by atoms with Gasteiger partial charge in [-0.05, 0) is 41.3 Å². The van der Waals surface area contributed by atoms with Crippen molar-refractivity contribution in [3.05, 3.63) is 16.7 Å². The van der Waals surface area contributed by atoms with Crippen LogP contribution in [0.25, 0.3) is 0 Å². The third-order valence-corrected chi connectivity index (χ3v) is 3.55. The molecule has 0 saturated heterocycles. The summed E-state index contributed by atoms with van der Waals surface area (Å²) in [4.78, 5) is 6.50. The molecule has 0 spiro atoms. The fraction of sp³-hybridized carbons (Fsp3) is 0.545. The van der Waals surface area contributed by atoms with Gasteiger partial charge in [-0.1, -0.05) is 0 Å². The molecule has 88 valence electrons. The lowest BCUT2D eigenvalue weighted by atomic mass is 9.91. The number of nitrogens with zero attached hydrogens (tertiary/aromatic N) is 2. The molecular formula is C11H16BrN3O. The van der Waals surface area contributed by atoms with Gasteiger partial charge in [0.1, 0.15) is 5.82 Å². The van der Waals surface area contributed by atoms with E-state index in [1.54, 1.807) is 6.20 Å². The molecule has 4 nitrogen and oxygen atoms in total. The quantitative estimate of drug-likeness (QED) is 0.885. The highest BCUT2D eigenvalue weighted by Gasteiger charge is 2.26. The van der Waals surface area contributed by atoms with Crippen LogP contribution in [-0.4, -0.2) is 29.3 Å². The second kappa shape index (κ2) is 5.01.